The summed E-state index contributed by atoms with van der Waals surface area (Å²) in [6.45, 7) is 3.28. The van der Waals surface area contributed by atoms with Crippen LogP contribution in [0.4, 0.5) is 5.69 Å². The lowest BCUT2D eigenvalue weighted by Gasteiger charge is -2.23. The van der Waals surface area contributed by atoms with E-state index in [0.29, 0.717) is 12.0 Å². The van der Waals surface area contributed by atoms with Crippen molar-refractivity contribution in [2.24, 2.45) is 11.3 Å². The summed E-state index contributed by atoms with van der Waals surface area (Å²) in [5.74, 6) is -1.42. The lowest BCUT2D eigenvalue weighted by molar-refractivity contribution is -0.129. The summed E-state index contributed by atoms with van der Waals surface area (Å²) in [5, 5.41) is 9.41. The van der Waals surface area contributed by atoms with Gasteiger partial charge in [0.25, 0.3) is 0 Å². The number of carbonyl (C=O) groups is 3. The van der Waals surface area contributed by atoms with E-state index in [1.165, 1.54) is 12.1 Å². The zero-order valence-electron chi connectivity index (χ0n) is 10.8. The molecule has 0 unspecified atom stereocenters. The maximum Gasteiger partial charge on any atom is 0.238 e. The van der Waals surface area contributed by atoms with Gasteiger partial charge in [0.05, 0.1) is 11.6 Å². The Morgan fingerprint density at radius 1 is 1.37 bits per heavy atom. The summed E-state index contributed by atoms with van der Waals surface area (Å²) in [5.41, 5.74) is -0.544. The van der Waals surface area contributed by atoms with Crippen molar-refractivity contribution in [3.63, 3.8) is 0 Å². The number of imide groups is 1. The Balaban J connectivity index is 2.37. The molecule has 1 aromatic rings. The van der Waals surface area contributed by atoms with Gasteiger partial charge in [0, 0.05) is 17.9 Å². The first-order valence-corrected chi connectivity index (χ1v) is 5.99. The fourth-order valence-electron chi connectivity index (χ4n) is 2.20. The number of phenols is 1. The molecule has 1 atom stereocenters. The van der Waals surface area contributed by atoms with E-state index < -0.39 is 17.2 Å². The number of hydrogen-bond donors (Lipinski definition) is 1. The van der Waals surface area contributed by atoms with E-state index in [1.807, 2.05) is 0 Å². The van der Waals surface area contributed by atoms with Crippen LogP contribution >= 0.6 is 0 Å². The number of phenolic OH excluding ortho intramolecular Hbond substituents is 1. The maximum atomic E-state index is 12.3. The highest BCUT2D eigenvalue weighted by Crippen LogP contribution is 2.37. The van der Waals surface area contributed by atoms with E-state index in [2.05, 4.69) is 0 Å². The Hall–Kier alpha value is -2.17. The zero-order valence-corrected chi connectivity index (χ0v) is 10.8. The van der Waals surface area contributed by atoms with Gasteiger partial charge in [-0.05, 0) is 12.1 Å². The molecule has 1 N–H and O–H groups in total. The minimum Gasteiger partial charge on any atom is -0.508 e. The lowest BCUT2D eigenvalue weighted by Crippen LogP contribution is -2.35. The predicted octanol–water partition coefficient (Wildman–Crippen LogP) is 1.50. The van der Waals surface area contributed by atoms with Gasteiger partial charge >= 0.3 is 0 Å². The highest BCUT2D eigenvalue weighted by molar-refractivity contribution is 6.21. The van der Waals surface area contributed by atoms with Gasteiger partial charge in [-0.15, -0.1) is 0 Å². The third-order valence-electron chi connectivity index (χ3n) is 3.44. The van der Waals surface area contributed by atoms with Crippen LogP contribution in [-0.2, 0) is 14.4 Å². The first-order valence-electron chi connectivity index (χ1n) is 5.99. The van der Waals surface area contributed by atoms with Crippen molar-refractivity contribution in [1.82, 2.24) is 0 Å². The molecule has 1 aliphatic heterocycles. The van der Waals surface area contributed by atoms with Crippen molar-refractivity contribution in [3.8, 4) is 5.75 Å². The van der Waals surface area contributed by atoms with Crippen LogP contribution in [0, 0.1) is 11.3 Å². The fraction of sp³-hybridized carbons (Fsp3) is 0.357. The van der Waals surface area contributed by atoms with Crippen LogP contribution in [0.5, 0.6) is 5.75 Å². The van der Waals surface area contributed by atoms with Crippen molar-refractivity contribution in [1.29, 1.82) is 0 Å². The highest BCUT2D eigenvalue weighted by atomic mass is 16.3. The molecule has 0 radical (unpaired) electrons. The van der Waals surface area contributed by atoms with E-state index in [0.717, 1.165) is 4.90 Å². The average Bonchev–Trinajstić information content (AvgIpc) is 2.65. The first-order chi connectivity index (χ1) is 8.86. The molecule has 2 amide bonds. The van der Waals surface area contributed by atoms with E-state index in [1.54, 1.807) is 26.0 Å². The number of benzene rings is 1. The second-order valence-corrected chi connectivity index (χ2v) is 5.28. The van der Waals surface area contributed by atoms with Crippen LogP contribution in [0.1, 0.15) is 20.3 Å². The highest BCUT2D eigenvalue weighted by Gasteiger charge is 2.47. The molecule has 0 aliphatic carbocycles. The molecule has 0 saturated carbocycles. The molecule has 5 heteroatoms. The van der Waals surface area contributed by atoms with Gasteiger partial charge in [0.1, 0.15) is 12.0 Å². The Bertz CT molecular complexity index is 550. The molecule has 1 fully saturated rings. The standard InChI is InChI=1S/C14H15NO4/c1-14(2,8-16)11-7-12(18)15(13(11)19)9-4-3-5-10(17)6-9/h3-6,8,11,17H,7H2,1-2H3/t11-/m0/s1. The number of aldehydes is 1. The Labute approximate surface area is 110 Å². The topological polar surface area (TPSA) is 74.7 Å². The summed E-state index contributed by atoms with van der Waals surface area (Å²) in [6, 6.07) is 5.95. The number of amides is 2. The van der Waals surface area contributed by atoms with Crippen LogP contribution < -0.4 is 4.90 Å². The van der Waals surface area contributed by atoms with Gasteiger partial charge in [0.2, 0.25) is 11.8 Å². The molecule has 2 rings (SSSR count). The van der Waals surface area contributed by atoms with Crippen LogP contribution in [0.2, 0.25) is 0 Å². The number of aromatic hydroxyl groups is 1. The molecule has 0 bridgehead atoms. The van der Waals surface area contributed by atoms with Crippen LogP contribution in [0.3, 0.4) is 0 Å². The molecule has 0 spiro atoms. The normalized spacial score (nSPS) is 19.9. The molecule has 19 heavy (non-hydrogen) atoms. The number of rotatable bonds is 3. The predicted molar refractivity (Wildman–Crippen MR) is 68.6 cm³/mol. The molecule has 1 saturated heterocycles. The van der Waals surface area contributed by atoms with E-state index in [-0.39, 0.29) is 18.1 Å². The number of nitrogens with zero attached hydrogens (tertiary/aromatic N) is 1. The van der Waals surface area contributed by atoms with Crippen molar-refractivity contribution in [2.75, 3.05) is 4.90 Å². The van der Waals surface area contributed by atoms with Crippen molar-refractivity contribution in [3.05, 3.63) is 24.3 Å². The quantitative estimate of drug-likeness (QED) is 0.661. The van der Waals surface area contributed by atoms with Crippen LogP contribution in [0.15, 0.2) is 24.3 Å². The monoisotopic (exact) mass is 261 g/mol. The van der Waals surface area contributed by atoms with Crippen molar-refractivity contribution in [2.45, 2.75) is 20.3 Å². The molecule has 0 aromatic heterocycles. The van der Waals surface area contributed by atoms with Gasteiger partial charge in [0.15, 0.2) is 0 Å². The minimum atomic E-state index is -0.877. The third-order valence-corrected chi connectivity index (χ3v) is 3.44. The molecule has 1 aliphatic rings. The van der Waals surface area contributed by atoms with Crippen molar-refractivity contribution < 1.29 is 19.5 Å². The van der Waals surface area contributed by atoms with Crippen LogP contribution in [0.25, 0.3) is 0 Å². The molecular weight excluding hydrogens is 246 g/mol. The van der Waals surface area contributed by atoms with Gasteiger partial charge in [-0.25, -0.2) is 0 Å². The minimum absolute atomic E-state index is 0.0141. The number of carbonyl (C=O) groups excluding carboxylic acids is 3. The Morgan fingerprint density at radius 2 is 2.05 bits per heavy atom. The molecular formula is C14H15NO4. The summed E-state index contributed by atoms with van der Waals surface area (Å²) in [4.78, 5) is 36.4. The van der Waals surface area contributed by atoms with Crippen LogP contribution in [-0.4, -0.2) is 23.2 Å². The second-order valence-electron chi connectivity index (χ2n) is 5.28. The maximum absolute atomic E-state index is 12.3. The number of anilines is 1. The van der Waals surface area contributed by atoms with Crippen molar-refractivity contribution >= 4 is 23.8 Å². The molecule has 5 nitrogen and oxygen atoms in total. The largest absolute Gasteiger partial charge is 0.508 e. The molecule has 1 heterocycles. The smallest absolute Gasteiger partial charge is 0.238 e. The van der Waals surface area contributed by atoms with Gasteiger partial charge in [-0.2, -0.15) is 0 Å². The van der Waals surface area contributed by atoms with Gasteiger partial charge in [-0.1, -0.05) is 19.9 Å². The average molecular weight is 261 g/mol. The summed E-state index contributed by atoms with van der Waals surface area (Å²) < 4.78 is 0. The zero-order chi connectivity index (χ0) is 14.2. The second kappa shape index (κ2) is 4.50. The summed E-state index contributed by atoms with van der Waals surface area (Å²) in [7, 11) is 0. The lowest BCUT2D eigenvalue weighted by atomic mass is 9.79. The van der Waals surface area contributed by atoms with E-state index in [4.69, 9.17) is 0 Å². The summed E-state index contributed by atoms with van der Waals surface area (Å²) in [6.07, 6.45) is 0.717. The third kappa shape index (κ3) is 2.23. The van der Waals surface area contributed by atoms with Gasteiger partial charge < -0.3 is 9.90 Å². The van der Waals surface area contributed by atoms with E-state index >= 15 is 0 Å². The van der Waals surface area contributed by atoms with Gasteiger partial charge in [-0.3, -0.25) is 14.5 Å². The first kappa shape index (κ1) is 13.3. The molecule has 100 valence electrons. The Morgan fingerprint density at radius 3 is 2.63 bits per heavy atom. The van der Waals surface area contributed by atoms with E-state index in [9.17, 15) is 19.5 Å². The molecule has 1 aromatic carbocycles. The number of hydrogen-bond acceptors (Lipinski definition) is 4. The summed E-state index contributed by atoms with van der Waals surface area (Å²) >= 11 is 0. The Kier molecular flexibility index (Phi) is 3.14. The SMILES string of the molecule is CC(C)(C=O)[C@H]1CC(=O)N(c2cccc(O)c2)C1=O. The fourth-order valence-corrected chi connectivity index (χ4v) is 2.20.